The highest BCUT2D eigenvalue weighted by atomic mass is 79.9. The Bertz CT molecular complexity index is 355. The van der Waals surface area contributed by atoms with Gasteiger partial charge in [-0.1, -0.05) is 0 Å². The smallest absolute Gasteiger partial charge is 0.0593 e. The zero-order valence-electron chi connectivity index (χ0n) is 11.3. The SMILES string of the molecule is CC(N)C(c1cc(Br)cs1)N(CCCO)C(C)C. The first-order valence-corrected chi connectivity index (χ1v) is 8.00. The van der Waals surface area contributed by atoms with Crippen LogP contribution in [0.2, 0.25) is 0 Å². The number of hydrogen-bond acceptors (Lipinski definition) is 4. The number of aliphatic hydroxyl groups excluding tert-OH is 1. The van der Waals surface area contributed by atoms with Crippen molar-refractivity contribution in [2.45, 2.75) is 45.3 Å². The van der Waals surface area contributed by atoms with E-state index in [-0.39, 0.29) is 18.7 Å². The van der Waals surface area contributed by atoms with E-state index in [1.165, 1.54) is 4.88 Å². The van der Waals surface area contributed by atoms with Gasteiger partial charge in [0.2, 0.25) is 0 Å². The summed E-state index contributed by atoms with van der Waals surface area (Å²) in [5, 5.41) is 11.1. The Morgan fingerprint density at radius 3 is 2.50 bits per heavy atom. The maximum absolute atomic E-state index is 9.03. The van der Waals surface area contributed by atoms with Crippen molar-refractivity contribution in [1.82, 2.24) is 4.90 Å². The largest absolute Gasteiger partial charge is 0.396 e. The summed E-state index contributed by atoms with van der Waals surface area (Å²) in [4.78, 5) is 3.66. The third-order valence-electron chi connectivity index (χ3n) is 2.97. The molecule has 18 heavy (non-hydrogen) atoms. The van der Waals surface area contributed by atoms with Gasteiger partial charge in [0.1, 0.15) is 0 Å². The van der Waals surface area contributed by atoms with Gasteiger partial charge in [-0.15, -0.1) is 11.3 Å². The van der Waals surface area contributed by atoms with Crippen molar-refractivity contribution in [3.63, 3.8) is 0 Å². The lowest BCUT2D eigenvalue weighted by molar-refractivity contribution is 0.125. The second-order valence-corrected chi connectivity index (χ2v) is 6.74. The molecule has 104 valence electrons. The molecule has 0 amide bonds. The van der Waals surface area contributed by atoms with Gasteiger partial charge in [0, 0.05) is 40.0 Å². The first kappa shape index (κ1) is 16.1. The summed E-state index contributed by atoms with van der Waals surface area (Å²) in [6.45, 7) is 7.50. The van der Waals surface area contributed by atoms with Gasteiger partial charge >= 0.3 is 0 Å². The summed E-state index contributed by atoms with van der Waals surface area (Å²) in [6, 6.07) is 2.84. The number of halogens is 1. The Morgan fingerprint density at radius 1 is 1.44 bits per heavy atom. The standard InChI is InChI=1S/C13H23BrN2OS/c1-9(2)16(5-4-6-17)13(10(3)15)12-7-11(14)8-18-12/h7-10,13,17H,4-6,15H2,1-3H3. The molecule has 0 radical (unpaired) electrons. The fourth-order valence-electron chi connectivity index (χ4n) is 2.18. The highest BCUT2D eigenvalue weighted by Gasteiger charge is 2.27. The molecule has 0 aliphatic heterocycles. The third-order valence-corrected chi connectivity index (χ3v) is 4.74. The molecule has 2 unspecified atom stereocenters. The molecule has 2 atom stereocenters. The number of rotatable bonds is 7. The van der Waals surface area contributed by atoms with Gasteiger partial charge in [-0.05, 0) is 49.2 Å². The zero-order valence-corrected chi connectivity index (χ0v) is 13.7. The van der Waals surface area contributed by atoms with E-state index in [0.29, 0.717) is 6.04 Å². The molecule has 0 bridgehead atoms. The Morgan fingerprint density at radius 2 is 2.11 bits per heavy atom. The van der Waals surface area contributed by atoms with Crippen LogP contribution in [-0.2, 0) is 0 Å². The number of nitrogens with two attached hydrogens (primary N) is 1. The molecule has 0 saturated heterocycles. The number of nitrogens with zero attached hydrogens (tertiary/aromatic N) is 1. The van der Waals surface area contributed by atoms with Crippen LogP contribution < -0.4 is 5.73 Å². The van der Waals surface area contributed by atoms with Crippen LogP contribution in [0, 0.1) is 0 Å². The van der Waals surface area contributed by atoms with Crippen molar-refractivity contribution < 1.29 is 5.11 Å². The van der Waals surface area contributed by atoms with Crippen molar-refractivity contribution >= 4 is 27.3 Å². The maximum atomic E-state index is 9.03. The highest BCUT2D eigenvalue weighted by Crippen LogP contribution is 2.32. The summed E-state index contributed by atoms with van der Waals surface area (Å²) < 4.78 is 1.11. The van der Waals surface area contributed by atoms with Gasteiger partial charge in [0.15, 0.2) is 0 Å². The van der Waals surface area contributed by atoms with E-state index in [0.717, 1.165) is 17.4 Å². The van der Waals surface area contributed by atoms with Crippen LogP contribution >= 0.6 is 27.3 Å². The molecule has 5 heteroatoms. The Kier molecular flexibility index (Phi) is 6.81. The highest BCUT2D eigenvalue weighted by molar-refractivity contribution is 9.10. The Balaban J connectivity index is 2.93. The first-order chi connectivity index (χ1) is 8.47. The minimum Gasteiger partial charge on any atom is -0.396 e. The van der Waals surface area contributed by atoms with Gasteiger partial charge in [-0.3, -0.25) is 4.90 Å². The molecule has 0 aliphatic rings. The van der Waals surface area contributed by atoms with Crippen LogP contribution in [0.15, 0.2) is 15.9 Å². The van der Waals surface area contributed by atoms with Crippen molar-refractivity contribution in [3.05, 3.63) is 20.8 Å². The van der Waals surface area contributed by atoms with Crippen LogP contribution in [0.5, 0.6) is 0 Å². The van der Waals surface area contributed by atoms with E-state index in [1.54, 1.807) is 11.3 Å². The van der Waals surface area contributed by atoms with Gasteiger partial charge in [0.25, 0.3) is 0 Å². The molecule has 1 rings (SSSR count). The maximum Gasteiger partial charge on any atom is 0.0593 e. The minimum atomic E-state index is 0.0663. The number of thiophene rings is 1. The number of aliphatic hydroxyl groups is 1. The predicted molar refractivity (Wildman–Crippen MR) is 82.0 cm³/mol. The Labute approximate surface area is 122 Å². The zero-order chi connectivity index (χ0) is 13.7. The molecule has 1 heterocycles. The van der Waals surface area contributed by atoms with Crippen LogP contribution in [0.25, 0.3) is 0 Å². The molecule has 0 saturated carbocycles. The van der Waals surface area contributed by atoms with Crippen LogP contribution in [0.4, 0.5) is 0 Å². The van der Waals surface area contributed by atoms with Gasteiger partial charge in [-0.2, -0.15) is 0 Å². The topological polar surface area (TPSA) is 49.5 Å². The molecule has 0 spiro atoms. The summed E-state index contributed by atoms with van der Waals surface area (Å²) >= 11 is 5.23. The third kappa shape index (κ3) is 4.31. The van der Waals surface area contributed by atoms with Crippen molar-refractivity contribution in [3.8, 4) is 0 Å². The van der Waals surface area contributed by atoms with E-state index >= 15 is 0 Å². The second kappa shape index (κ2) is 7.60. The van der Waals surface area contributed by atoms with Crippen molar-refractivity contribution in [1.29, 1.82) is 0 Å². The van der Waals surface area contributed by atoms with Gasteiger partial charge < -0.3 is 10.8 Å². The van der Waals surface area contributed by atoms with E-state index in [1.807, 2.05) is 6.92 Å². The summed E-state index contributed by atoms with van der Waals surface area (Å²) in [7, 11) is 0. The molecular weight excluding hydrogens is 312 g/mol. The monoisotopic (exact) mass is 334 g/mol. The minimum absolute atomic E-state index is 0.0663. The lowest BCUT2D eigenvalue weighted by atomic mass is 10.0. The predicted octanol–water partition coefficient (Wildman–Crippen LogP) is 2.99. The van der Waals surface area contributed by atoms with E-state index in [9.17, 15) is 0 Å². The molecule has 3 nitrogen and oxygen atoms in total. The molecular formula is C13H23BrN2OS. The molecule has 3 N–H and O–H groups in total. The van der Waals surface area contributed by atoms with Crippen molar-refractivity contribution in [2.75, 3.05) is 13.2 Å². The lowest BCUT2D eigenvalue weighted by Gasteiger charge is -2.36. The molecule has 0 fully saturated rings. The average Bonchev–Trinajstić information content (AvgIpc) is 2.69. The van der Waals surface area contributed by atoms with E-state index in [4.69, 9.17) is 10.8 Å². The molecule has 1 aromatic heterocycles. The van der Waals surface area contributed by atoms with Gasteiger partial charge in [-0.25, -0.2) is 0 Å². The summed E-state index contributed by atoms with van der Waals surface area (Å²) in [6.07, 6.45) is 0.786. The fraction of sp³-hybridized carbons (Fsp3) is 0.692. The average molecular weight is 335 g/mol. The summed E-state index contributed by atoms with van der Waals surface area (Å²) in [5.41, 5.74) is 6.18. The second-order valence-electron chi connectivity index (χ2n) is 4.88. The first-order valence-electron chi connectivity index (χ1n) is 6.33. The Hall–Kier alpha value is 0.0600. The van der Waals surface area contributed by atoms with Gasteiger partial charge in [0.05, 0.1) is 6.04 Å². The van der Waals surface area contributed by atoms with Crippen LogP contribution in [-0.4, -0.2) is 35.2 Å². The quantitative estimate of drug-likeness (QED) is 0.805. The normalized spacial score (nSPS) is 15.3. The molecule has 0 aromatic carbocycles. The van der Waals surface area contributed by atoms with Crippen molar-refractivity contribution in [2.24, 2.45) is 5.73 Å². The summed E-state index contributed by atoms with van der Waals surface area (Å²) in [5.74, 6) is 0. The molecule has 0 aliphatic carbocycles. The fourth-order valence-corrected chi connectivity index (χ4v) is 3.86. The lowest BCUT2D eigenvalue weighted by Crippen LogP contribution is -2.43. The van der Waals surface area contributed by atoms with E-state index in [2.05, 4.69) is 46.1 Å². The molecule has 1 aromatic rings. The van der Waals surface area contributed by atoms with E-state index < -0.39 is 0 Å². The van der Waals surface area contributed by atoms with Crippen LogP contribution in [0.3, 0.4) is 0 Å². The number of hydrogen-bond donors (Lipinski definition) is 2. The van der Waals surface area contributed by atoms with Crippen LogP contribution in [0.1, 0.15) is 38.1 Å².